The third kappa shape index (κ3) is 4.05. The summed E-state index contributed by atoms with van der Waals surface area (Å²) in [5, 5.41) is 10.6. The van der Waals surface area contributed by atoms with Crippen molar-refractivity contribution in [2.45, 2.75) is 0 Å². The second-order valence-corrected chi connectivity index (χ2v) is 6.34. The molecule has 0 aliphatic carbocycles. The van der Waals surface area contributed by atoms with Gasteiger partial charge in [-0.1, -0.05) is 66.7 Å². The predicted molar refractivity (Wildman–Crippen MR) is 115 cm³/mol. The van der Waals surface area contributed by atoms with Crippen LogP contribution in [0.3, 0.4) is 0 Å². The third-order valence-electron chi connectivity index (χ3n) is 4.37. The van der Waals surface area contributed by atoms with Gasteiger partial charge in [-0.3, -0.25) is 14.6 Å². The number of aromatic nitrogens is 3. The molecule has 0 atom stereocenters. The van der Waals surface area contributed by atoms with E-state index in [1.807, 2.05) is 66.7 Å². The summed E-state index contributed by atoms with van der Waals surface area (Å²) in [6, 6.07) is 23.9. The van der Waals surface area contributed by atoms with Crippen LogP contribution in [0.25, 0.3) is 22.4 Å². The Morgan fingerprint density at radius 3 is 2.23 bits per heavy atom. The first-order valence-electron chi connectivity index (χ1n) is 9.22. The average molecular weight is 395 g/mol. The smallest absolute Gasteiger partial charge is 0.267 e. The fourth-order valence-corrected chi connectivity index (χ4v) is 3.02. The summed E-state index contributed by atoms with van der Waals surface area (Å²) >= 11 is 0. The number of carbonyl (C=O) groups is 1. The zero-order valence-corrected chi connectivity index (χ0v) is 15.8. The molecule has 1 amide bonds. The molecule has 0 saturated heterocycles. The van der Waals surface area contributed by atoms with E-state index in [0.29, 0.717) is 22.5 Å². The standard InChI is InChI=1S/C23H17N5O2/c29-22(27-25-15-18-13-7-8-14-24-18)20-19(16-9-3-1-4-10-16)21(26-28-23(20)30)17-11-5-2-6-12-17/h1-15H,(H,27,29)(H,28,30). The molecule has 0 aliphatic heterocycles. The fraction of sp³-hybridized carbons (Fsp3) is 0. The summed E-state index contributed by atoms with van der Waals surface area (Å²) in [5.41, 5.74) is 4.76. The Morgan fingerprint density at radius 1 is 0.900 bits per heavy atom. The highest BCUT2D eigenvalue weighted by Crippen LogP contribution is 2.31. The predicted octanol–water partition coefficient (Wildman–Crippen LogP) is 3.26. The number of nitrogens with one attached hydrogen (secondary N) is 2. The van der Waals surface area contributed by atoms with Crippen LogP contribution >= 0.6 is 0 Å². The molecule has 4 rings (SSSR count). The summed E-state index contributed by atoms with van der Waals surface area (Å²) in [4.78, 5) is 29.7. The van der Waals surface area contributed by atoms with Gasteiger partial charge in [0.05, 0.1) is 17.6 Å². The highest BCUT2D eigenvalue weighted by molar-refractivity contribution is 6.03. The number of hydrazone groups is 1. The largest absolute Gasteiger partial charge is 0.277 e. The molecular weight excluding hydrogens is 378 g/mol. The molecule has 146 valence electrons. The molecular formula is C23H17N5O2. The van der Waals surface area contributed by atoms with Crippen LogP contribution < -0.4 is 11.0 Å². The van der Waals surface area contributed by atoms with Gasteiger partial charge in [-0.25, -0.2) is 10.5 Å². The second kappa shape index (κ2) is 8.74. The summed E-state index contributed by atoms with van der Waals surface area (Å²) in [6.45, 7) is 0. The first kappa shape index (κ1) is 18.9. The van der Waals surface area contributed by atoms with Gasteiger partial charge in [-0.2, -0.15) is 10.2 Å². The Bertz CT molecular complexity index is 1240. The van der Waals surface area contributed by atoms with Gasteiger partial charge in [0.15, 0.2) is 0 Å². The van der Waals surface area contributed by atoms with E-state index in [1.54, 1.807) is 18.3 Å². The molecule has 2 aromatic carbocycles. The van der Waals surface area contributed by atoms with E-state index in [9.17, 15) is 9.59 Å². The van der Waals surface area contributed by atoms with Crippen molar-refractivity contribution in [2.24, 2.45) is 5.10 Å². The van der Waals surface area contributed by atoms with Gasteiger partial charge < -0.3 is 0 Å². The van der Waals surface area contributed by atoms with Crippen molar-refractivity contribution in [3.63, 3.8) is 0 Å². The van der Waals surface area contributed by atoms with Crippen LogP contribution in [0, 0.1) is 0 Å². The van der Waals surface area contributed by atoms with Crippen molar-refractivity contribution >= 4 is 12.1 Å². The van der Waals surface area contributed by atoms with Crippen molar-refractivity contribution in [3.8, 4) is 22.4 Å². The van der Waals surface area contributed by atoms with E-state index >= 15 is 0 Å². The van der Waals surface area contributed by atoms with Crippen LogP contribution in [0.4, 0.5) is 0 Å². The zero-order chi connectivity index (χ0) is 20.8. The lowest BCUT2D eigenvalue weighted by molar-refractivity contribution is 0.0954. The highest BCUT2D eigenvalue weighted by atomic mass is 16.2. The molecule has 2 heterocycles. The molecule has 2 N–H and O–H groups in total. The van der Waals surface area contributed by atoms with Crippen LogP contribution in [0.15, 0.2) is 95.0 Å². The molecule has 0 aliphatic rings. The van der Waals surface area contributed by atoms with Crippen molar-refractivity contribution in [1.82, 2.24) is 20.6 Å². The van der Waals surface area contributed by atoms with E-state index in [1.165, 1.54) is 6.21 Å². The lowest BCUT2D eigenvalue weighted by Gasteiger charge is -2.12. The van der Waals surface area contributed by atoms with Crippen LogP contribution in [0.1, 0.15) is 16.1 Å². The van der Waals surface area contributed by atoms with E-state index in [0.717, 1.165) is 5.56 Å². The first-order valence-corrected chi connectivity index (χ1v) is 9.22. The summed E-state index contributed by atoms with van der Waals surface area (Å²) in [5.74, 6) is -0.637. The maximum atomic E-state index is 12.9. The molecule has 30 heavy (non-hydrogen) atoms. The minimum absolute atomic E-state index is 0.0618. The van der Waals surface area contributed by atoms with Gasteiger partial charge in [0.2, 0.25) is 0 Å². The SMILES string of the molecule is O=C(NN=Cc1ccccn1)c1c(-c2ccccc2)c(-c2ccccc2)n[nH]c1=O. The quantitative estimate of drug-likeness (QED) is 0.400. The summed E-state index contributed by atoms with van der Waals surface area (Å²) in [7, 11) is 0. The normalized spacial score (nSPS) is 10.8. The summed E-state index contributed by atoms with van der Waals surface area (Å²) < 4.78 is 0. The minimum Gasteiger partial charge on any atom is -0.267 e. The maximum Gasteiger partial charge on any atom is 0.277 e. The Balaban J connectivity index is 1.79. The molecule has 0 radical (unpaired) electrons. The fourth-order valence-electron chi connectivity index (χ4n) is 3.02. The Hall–Kier alpha value is -4.39. The lowest BCUT2D eigenvalue weighted by Crippen LogP contribution is -2.28. The molecule has 4 aromatic rings. The average Bonchev–Trinajstić information content (AvgIpc) is 2.80. The van der Waals surface area contributed by atoms with E-state index in [2.05, 4.69) is 25.7 Å². The van der Waals surface area contributed by atoms with Gasteiger partial charge in [0.1, 0.15) is 5.56 Å². The molecule has 2 aromatic heterocycles. The number of nitrogens with zero attached hydrogens (tertiary/aromatic N) is 3. The molecule has 7 heteroatoms. The zero-order valence-electron chi connectivity index (χ0n) is 15.8. The summed E-state index contributed by atoms with van der Waals surface area (Å²) in [6.07, 6.45) is 3.03. The van der Waals surface area contributed by atoms with E-state index < -0.39 is 11.5 Å². The van der Waals surface area contributed by atoms with Crippen molar-refractivity contribution in [1.29, 1.82) is 0 Å². The topological polar surface area (TPSA) is 100 Å². The number of rotatable bonds is 5. The molecule has 0 saturated carbocycles. The Labute approximate surface area is 172 Å². The number of hydrogen-bond donors (Lipinski definition) is 2. The van der Waals surface area contributed by atoms with Crippen LogP contribution in [0.5, 0.6) is 0 Å². The number of benzene rings is 2. The number of aromatic amines is 1. The number of pyridine rings is 1. The van der Waals surface area contributed by atoms with E-state index in [-0.39, 0.29) is 5.56 Å². The molecule has 7 nitrogen and oxygen atoms in total. The number of hydrogen-bond acceptors (Lipinski definition) is 5. The van der Waals surface area contributed by atoms with Gasteiger partial charge in [-0.05, 0) is 17.7 Å². The van der Waals surface area contributed by atoms with Gasteiger partial charge in [-0.15, -0.1) is 0 Å². The number of H-pyrrole nitrogens is 1. The molecule has 0 bridgehead atoms. The van der Waals surface area contributed by atoms with Gasteiger partial charge in [0, 0.05) is 17.3 Å². The number of carbonyl (C=O) groups excluding carboxylic acids is 1. The van der Waals surface area contributed by atoms with Crippen LogP contribution in [0.2, 0.25) is 0 Å². The van der Waals surface area contributed by atoms with Crippen LogP contribution in [-0.4, -0.2) is 27.3 Å². The maximum absolute atomic E-state index is 12.9. The first-order chi connectivity index (χ1) is 14.7. The Morgan fingerprint density at radius 2 is 1.57 bits per heavy atom. The third-order valence-corrected chi connectivity index (χ3v) is 4.37. The van der Waals surface area contributed by atoms with Gasteiger partial charge in [0.25, 0.3) is 11.5 Å². The van der Waals surface area contributed by atoms with Crippen LogP contribution in [-0.2, 0) is 0 Å². The minimum atomic E-state index is -0.637. The Kier molecular flexibility index (Phi) is 5.52. The number of amides is 1. The van der Waals surface area contributed by atoms with Crippen molar-refractivity contribution in [3.05, 3.63) is 107 Å². The molecule has 0 spiro atoms. The molecule has 0 unspecified atom stereocenters. The van der Waals surface area contributed by atoms with E-state index in [4.69, 9.17) is 0 Å². The van der Waals surface area contributed by atoms with Gasteiger partial charge >= 0.3 is 0 Å². The lowest BCUT2D eigenvalue weighted by atomic mass is 9.95. The van der Waals surface area contributed by atoms with Crippen molar-refractivity contribution in [2.75, 3.05) is 0 Å². The highest BCUT2D eigenvalue weighted by Gasteiger charge is 2.22. The van der Waals surface area contributed by atoms with Crippen molar-refractivity contribution < 1.29 is 4.79 Å². The second-order valence-electron chi connectivity index (χ2n) is 6.34. The monoisotopic (exact) mass is 395 g/mol. The molecule has 0 fully saturated rings.